The Balaban J connectivity index is 1.74. The molecular formula is C26H18ClF5N2O4. The van der Waals surface area contributed by atoms with Crippen molar-refractivity contribution in [3.8, 4) is 16.9 Å². The van der Waals surface area contributed by atoms with Gasteiger partial charge in [0.1, 0.15) is 12.2 Å². The molecule has 0 bridgehead atoms. The Morgan fingerprint density at radius 3 is 2.13 bits per heavy atom. The molecule has 1 heterocycles. The molecular weight excluding hydrogens is 535 g/mol. The molecule has 0 aliphatic carbocycles. The van der Waals surface area contributed by atoms with Gasteiger partial charge in [0.15, 0.2) is 0 Å². The number of halogens is 6. The number of aliphatic carboxylic acids is 1. The Morgan fingerprint density at radius 1 is 0.947 bits per heavy atom. The van der Waals surface area contributed by atoms with Crippen LogP contribution in [0.25, 0.3) is 11.1 Å². The van der Waals surface area contributed by atoms with E-state index in [1.54, 1.807) is 48.5 Å². The first-order valence-electron chi connectivity index (χ1n) is 11.1. The molecule has 1 amide bonds. The average molecular weight is 553 g/mol. The number of amides is 1. The zero-order chi connectivity index (χ0) is 27.7. The third-order valence-corrected chi connectivity index (χ3v) is 5.95. The number of carbonyl (C=O) groups is 2. The SMILES string of the molecule is O=C(O)CC(F)(F)C(=O)N1N=C(c2ccccc2-c2ccc(Cl)cc2)CC1c1ccc(OC(F)(F)F)cc1. The molecule has 3 aromatic rings. The number of carboxylic acid groups (broad SMARTS) is 1. The molecule has 198 valence electrons. The summed E-state index contributed by atoms with van der Waals surface area (Å²) in [5.74, 6) is -8.55. The Bertz CT molecular complexity index is 1380. The summed E-state index contributed by atoms with van der Waals surface area (Å²) in [7, 11) is 0. The highest BCUT2D eigenvalue weighted by atomic mass is 35.5. The summed E-state index contributed by atoms with van der Waals surface area (Å²) in [4.78, 5) is 23.8. The van der Waals surface area contributed by atoms with Crippen LogP contribution < -0.4 is 4.74 Å². The number of carboxylic acids is 1. The molecule has 38 heavy (non-hydrogen) atoms. The summed E-state index contributed by atoms with van der Waals surface area (Å²) in [6, 6.07) is 17.0. The number of ether oxygens (including phenoxy) is 1. The molecule has 3 aromatic carbocycles. The van der Waals surface area contributed by atoms with E-state index in [9.17, 15) is 31.5 Å². The number of hydrazone groups is 1. The fourth-order valence-electron chi connectivity index (χ4n) is 4.06. The molecule has 0 saturated carbocycles. The largest absolute Gasteiger partial charge is 0.573 e. The minimum absolute atomic E-state index is 0.0705. The van der Waals surface area contributed by atoms with Gasteiger partial charge in [-0.3, -0.25) is 9.59 Å². The number of benzene rings is 3. The van der Waals surface area contributed by atoms with Crippen LogP contribution in [0.2, 0.25) is 5.02 Å². The first-order valence-corrected chi connectivity index (χ1v) is 11.4. The van der Waals surface area contributed by atoms with Gasteiger partial charge in [0.05, 0.1) is 11.8 Å². The monoisotopic (exact) mass is 552 g/mol. The fraction of sp³-hybridized carbons (Fsp3) is 0.192. The zero-order valence-corrected chi connectivity index (χ0v) is 20.0. The number of alkyl halides is 5. The van der Waals surface area contributed by atoms with E-state index in [1.807, 2.05) is 0 Å². The van der Waals surface area contributed by atoms with Crippen LogP contribution in [0, 0.1) is 0 Å². The quantitative estimate of drug-likeness (QED) is 0.331. The Labute approximate surface area is 217 Å². The molecule has 1 N–H and O–H groups in total. The molecule has 4 rings (SSSR count). The minimum atomic E-state index is -4.93. The van der Waals surface area contributed by atoms with Crippen molar-refractivity contribution in [1.29, 1.82) is 0 Å². The lowest BCUT2D eigenvalue weighted by Crippen LogP contribution is -2.42. The number of hydrogen-bond donors (Lipinski definition) is 1. The van der Waals surface area contributed by atoms with Crippen molar-refractivity contribution in [2.75, 3.05) is 0 Å². The third-order valence-electron chi connectivity index (χ3n) is 5.70. The van der Waals surface area contributed by atoms with Gasteiger partial charge in [-0.05, 0) is 41.0 Å². The summed E-state index contributed by atoms with van der Waals surface area (Å²) in [5.41, 5.74) is 2.37. The maximum Gasteiger partial charge on any atom is 0.573 e. The topological polar surface area (TPSA) is 79.2 Å². The highest BCUT2D eigenvalue weighted by molar-refractivity contribution is 6.30. The third kappa shape index (κ3) is 6.10. The van der Waals surface area contributed by atoms with E-state index in [0.717, 1.165) is 17.7 Å². The number of hydrogen-bond acceptors (Lipinski definition) is 4. The molecule has 1 aliphatic rings. The van der Waals surface area contributed by atoms with Crippen LogP contribution in [0.15, 0.2) is 77.9 Å². The average Bonchev–Trinajstić information content (AvgIpc) is 3.28. The Hall–Kier alpha value is -3.99. The summed E-state index contributed by atoms with van der Waals surface area (Å²) in [5, 5.41) is 14.0. The second kappa shape index (κ2) is 10.4. The lowest BCUT2D eigenvalue weighted by Gasteiger charge is -2.25. The second-order valence-electron chi connectivity index (χ2n) is 8.36. The summed E-state index contributed by atoms with van der Waals surface area (Å²) in [6.45, 7) is 0. The Morgan fingerprint density at radius 2 is 1.55 bits per heavy atom. The molecule has 12 heteroatoms. The first-order chi connectivity index (χ1) is 17.8. The molecule has 1 atom stereocenters. The Kier molecular flexibility index (Phi) is 7.41. The lowest BCUT2D eigenvalue weighted by molar-refractivity contribution is -0.274. The maximum atomic E-state index is 14.6. The summed E-state index contributed by atoms with van der Waals surface area (Å²) >= 11 is 5.98. The molecule has 0 saturated heterocycles. The predicted molar refractivity (Wildman–Crippen MR) is 128 cm³/mol. The zero-order valence-electron chi connectivity index (χ0n) is 19.3. The van der Waals surface area contributed by atoms with Crippen LogP contribution in [0.5, 0.6) is 5.75 Å². The molecule has 0 radical (unpaired) electrons. The van der Waals surface area contributed by atoms with Gasteiger partial charge in [0.2, 0.25) is 0 Å². The lowest BCUT2D eigenvalue weighted by atomic mass is 9.92. The van der Waals surface area contributed by atoms with E-state index < -0.39 is 42.4 Å². The van der Waals surface area contributed by atoms with Gasteiger partial charge in [0.25, 0.3) is 0 Å². The van der Waals surface area contributed by atoms with Crippen LogP contribution in [0.4, 0.5) is 22.0 Å². The molecule has 1 aliphatic heterocycles. The summed E-state index contributed by atoms with van der Waals surface area (Å²) < 4.78 is 70.7. The smallest absolute Gasteiger partial charge is 0.481 e. The second-order valence-corrected chi connectivity index (χ2v) is 8.80. The number of nitrogens with zero attached hydrogens (tertiary/aromatic N) is 2. The highest BCUT2D eigenvalue weighted by Crippen LogP contribution is 2.39. The number of carbonyl (C=O) groups excluding carboxylic acids is 1. The van der Waals surface area contributed by atoms with Gasteiger partial charge in [0, 0.05) is 17.0 Å². The standard InChI is InChI=1S/C26H18ClF5N2O4/c27-17-9-5-15(6-10-17)19-3-1-2-4-20(19)21-13-22(16-7-11-18(12-8-16)38-26(30,31)32)34(33-21)24(37)25(28,29)14-23(35)36/h1-12,22H,13-14H2,(H,35,36). The van der Waals surface area contributed by atoms with Gasteiger partial charge < -0.3 is 9.84 Å². The van der Waals surface area contributed by atoms with Crippen LogP contribution in [-0.4, -0.2) is 40.0 Å². The first kappa shape index (κ1) is 27.1. The molecule has 1 unspecified atom stereocenters. The normalized spacial score (nSPS) is 15.8. The van der Waals surface area contributed by atoms with Crippen molar-refractivity contribution in [3.63, 3.8) is 0 Å². The van der Waals surface area contributed by atoms with E-state index >= 15 is 0 Å². The van der Waals surface area contributed by atoms with Gasteiger partial charge in [-0.2, -0.15) is 13.9 Å². The van der Waals surface area contributed by atoms with Crippen molar-refractivity contribution >= 4 is 29.2 Å². The van der Waals surface area contributed by atoms with Crippen LogP contribution >= 0.6 is 11.6 Å². The molecule has 0 aromatic heterocycles. The molecule has 0 spiro atoms. The van der Waals surface area contributed by atoms with Gasteiger partial charge in [-0.25, -0.2) is 5.01 Å². The maximum absolute atomic E-state index is 14.6. The van der Waals surface area contributed by atoms with Crippen molar-refractivity contribution in [3.05, 3.63) is 88.9 Å². The van der Waals surface area contributed by atoms with Crippen molar-refractivity contribution in [2.45, 2.75) is 31.2 Å². The van der Waals surface area contributed by atoms with E-state index in [0.29, 0.717) is 21.2 Å². The number of rotatable bonds is 7. The van der Waals surface area contributed by atoms with Crippen molar-refractivity contribution in [1.82, 2.24) is 5.01 Å². The van der Waals surface area contributed by atoms with E-state index in [2.05, 4.69) is 9.84 Å². The van der Waals surface area contributed by atoms with E-state index in [-0.39, 0.29) is 17.7 Å². The molecule has 0 fully saturated rings. The minimum Gasteiger partial charge on any atom is -0.481 e. The predicted octanol–water partition coefficient (Wildman–Crippen LogP) is 6.69. The fourth-order valence-corrected chi connectivity index (χ4v) is 4.19. The van der Waals surface area contributed by atoms with Crippen LogP contribution in [-0.2, 0) is 9.59 Å². The van der Waals surface area contributed by atoms with Crippen molar-refractivity contribution < 1.29 is 41.4 Å². The van der Waals surface area contributed by atoms with Gasteiger partial charge >= 0.3 is 24.2 Å². The van der Waals surface area contributed by atoms with E-state index in [1.165, 1.54) is 12.1 Å². The van der Waals surface area contributed by atoms with Crippen LogP contribution in [0.3, 0.4) is 0 Å². The van der Waals surface area contributed by atoms with Gasteiger partial charge in [-0.1, -0.05) is 60.1 Å². The van der Waals surface area contributed by atoms with Crippen LogP contribution in [0.1, 0.15) is 30.0 Å². The highest BCUT2D eigenvalue weighted by Gasteiger charge is 2.48. The molecule has 6 nitrogen and oxygen atoms in total. The summed E-state index contributed by atoms with van der Waals surface area (Å²) in [6.07, 6.45) is -6.75. The van der Waals surface area contributed by atoms with Gasteiger partial charge in [-0.15, -0.1) is 13.2 Å². The van der Waals surface area contributed by atoms with Crippen molar-refractivity contribution in [2.24, 2.45) is 5.10 Å². The van der Waals surface area contributed by atoms with E-state index in [4.69, 9.17) is 16.7 Å².